The zero-order valence-electron chi connectivity index (χ0n) is 10.7. The molecule has 0 spiro atoms. The molecule has 1 amide bonds. The molecule has 4 N–H and O–H groups in total. The molecule has 100 valence electrons. The molecule has 0 atom stereocenters. The molecule has 0 saturated heterocycles. The number of ether oxygens (including phenoxy) is 1. The van der Waals surface area contributed by atoms with Crippen LogP contribution >= 0.6 is 0 Å². The third-order valence-corrected chi connectivity index (χ3v) is 2.01. The summed E-state index contributed by atoms with van der Waals surface area (Å²) in [5.74, 6) is 1.36. The van der Waals surface area contributed by atoms with E-state index in [9.17, 15) is 4.79 Å². The molecule has 7 nitrogen and oxygen atoms in total. The molecule has 0 unspecified atom stereocenters. The van der Waals surface area contributed by atoms with Crippen molar-refractivity contribution in [2.24, 2.45) is 5.73 Å². The van der Waals surface area contributed by atoms with Gasteiger partial charge in [0.05, 0.1) is 6.54 Å². The molecule has 1 aromatic heterocycles. The van der Waals surface area contributed by atoms with Crippen molar-refractivity contribution in [3.63, 3.8) is 0 Å². The number of hydrogen-bond donors (Lipinski definition) is 3. The highest BCUT2D eigenvalue weighted by Gasteiger charge is 2.05. The van der Waals surface area contributed by atoms with Crippen molar-refractivity contribution in [2.75, 3.05) is 30.3 Å². The van der Waals surface area contributed by atoms with Crippen LogP contribution in [0.3, 0.4) is 0 Å². The van der Waals surface area contributed by atoms with Gasteiger partial charge in [-0.1, -0.05) is 0 Å². The van der Waals surface area contributed by atoms with Crippen molar-refractivity contribution < 1.29 is 9.53 Å². The van der Waals surface area contributed by atoms with Crippen LogP contribution in [0.15, 0.2) is 6.07 Å². The van der Waals surface area contributed by atoms with E-state index >= 15 is 0 Å². The largest absolute Gasteiger partial charge is 0.374 e. The SMILES string of the molecule is CCNc1cc(NCC(N)=O)nc(COCC)n1. The van der Waals surface area contributed by atoms with Crippen molar-refractivity contribution in [3.05, 3.63) is 11.9 Å². The van der Waals surface area contributed by atoms with Crippen LogP contribution < -0.4 is 16.4 Å². The van der Waals surface area contributed by atoms with Gasteiger partial charge < -0.3 is 21.1 Å². The van der Waals surface area contributed by atoms with E-state index < -0.39 is 5.91 Å². The Bertz CT molecular complexity index is 397. The Balaban J connectivity index is 2.79. The fourth-order valence-corrected chi connectivity index (χ4v) is 1.29. The normalized spacial score (nSPS) is 10.1. The zero-order valence-corrected chi connectivity index (χ0v) is 10.7. The Hall–Kier alpha value is -1.89. The van der Waals surface area contributed by atoms with Gasteiger partial charge in [0.1, 0.15) is 18.2 Å². The molecule has 18 heavy (non-hydrogen) atoms. The van der Waals surface area contributed by atoms with Crippen LogP contribution in [0.4, 0.5) is 11.6 Å². The fraction of sp³-hybridized carbons (Fsp3) is 0.545. The summed E-state index contributed by atoms with van der Waals surface area (Å²) in [6.45, 7) is 5.60. The quantitative estimate of drug-likeness (QED) is 0.617. The Labute approximate surface area is 106 Å². The van der Waals surface area contributed by atoms with E-state index in [0.717, 1.165) is 6.54 Å². The van der Waals surface area contributed by atoms with Gasteiger partial charge in [0, 0.05) is 19.2 Å². The molecule has 0 bridgehead atoms. The third kappa shape index (κ3) is 4.96. The van der Waals surface area contributed by atoms with Crippen LogP contribution in [0.1, 0.15) is 19.7 Å². The summed E-state index contributed by atoms with van der Waals surface area (Å²) in [5, 5.41) is 5.93. The molecule has 0 aliphatic carbocycles. The molecule has 0 aromatic carbocycles. The topological polar surface area (TPSA) is 102 Å². The highest BCUT2D eigenvalue weighted by atomic mass is 16.5. The minimum Gasteiger partial charge on any atom is -0.374 e. The number of carbonyl (C=O) groups is 1. The molecule has 0 radical (unpaired) electrons. The lowest BCUT2D eigenvalue weighted by molar-refractivity contribution is -0.116. The maximum Gasteiger partial charge on any atom is 0.236 e. The number of nitrogens with two attached hydrogens (primary N) is 1. The van der Waals surface area contributed by atoms with E-state index in [1.165, 1.54) is 0 Å². The first-order valence-corrected chi connectivity index (χ1v) is 5.87. The fourth-order valence-electron chi connectivity index (χ4n) is 1.29. The molecule has 0 fully saturated rings. The Kier molecular flexibility index (Phi) is 5.86. The summed E-state index contributed by atoms with van der Waals surface area (Å²) in [5.41, 5.74) is 5.07. The van der Waals surface area contributed by atoms with Crippen molar-refractivity contribution in [3.8, 4) is 0 Å². The first kappa shape index (κ1) is 14.2. The summed E-state index contributed by atoms with van der Waals surface area (Å²) in [6, 6.07) is 1.72. The maximum absolute atomic E-state index is 10.7. The predicted molar refractivity (Wildman–Crippen MR) is 69.2 cm³/mol. The number of rotatable bonds is 8. The monoisotopic (exact) mass is 253 g/mol. The minimum atomic E-state index is -0.440. The summed E-state index contributed by atoms with van der Waals surface area (Å²) in [4.78, 5) is 19.2. The maximum atomic E-state index is 10.7. The first-order valence-electron chi connectivity index (χ1n) is 5.87. The summed E-state index contributed by atoms with van der Waals surface area (Å²) < 4.78 is 5.26. The lowest BCUT2D eigenvalue weighted by Gasteiger charge is -2.09. The van der Waals surface area contributed by atoms with E-state index in [-0.39, 0.29) is 6.54 Å². The summed E-state index contributed by atoms with van der Waals surface area (Å²) >= 11 is 0. The van der Waals surface area contributed by atoms with Gasteiger partial charge in [-0.3, -0.25) is 4.79 Å². The molecule has 0 aliphatic heterocycles. The molecule has 0 aliphatic rings. The van der Waals surface area contributed by atoms with Crippen molar-refractivity contribution >= 4 is 17.5 Å². The average molecular weight is 253 g/mol. The van der Waals surface area contributed by atoms with Gasteiger partial charge in [0.2, 0.25) is 5.91 Å². The van der Waals surface area contributed by atoms with Gasteiger partial charge >= 0.3 is 0 Å². The van der Waals surface area contributed by atoms with Crippen molar-refractivity contribution in [2.45, 2.75) is 20.5 Å². The highest BCUT2D eigenvalue weighted by Crippen LogP contribution is 2.11. The van der Waals surface area contributed by atoms with E-state index in [0.29, 0.717) is 30.7 Å². The van der Waals surface area contributed by atoms with E-state index in [1.54, 1.807) is 6.07 Å². The van der Waals surface area contributed by atoms with Crippen LogP contribution in [-0.4, -0.2) is 35.6 Å². The molecule has 1 heterocycles. The van der Waals surface area contributed by atoms with Crippen LogP contribution in [-0.2, 0) is 16.1 Å². The van der Waals surface area contributed by atoms with Crippen molar-refractivity contribution in [1.82, 2.24) is 9.97 Å². The molecule has 7 heteroatoms. The van der Waals surface area contributed by atoms with E-state index in [2.05, 4.69) is 20.6 Å². The van der Waals surface area contributed by atoms with Gasteiger partial charge in [0.15, 0.2) is 5.82 Å². The number of aromatic nitrogens is 2. The number of hydrogen-bond acceptors (Lipinski definition) is 6. The number of anilines is 2. The Morgan fingerprint density at radius 1 is 1.33 bits per heavy atom. The second kappa shape index (κ2) is 7.44. The van der Waals surface area contributed by atoms with Crippen LogP contribution in [0.2, 0.25) is 0 Å². The van der Waals surface area contributed by atoms with Crippen molar-refractivity contribution in [1.29, 1.82) is 0 Å². The van der Waals surface area contributed by atoms with E-state index in [1.807, 2.05) is 13.8 Å². The van der Waals surface area contributed by atoms with Gasteiger partial charge in [-0.25, -0.2) is 9.97 Å². The molecular weight excluding hydrogens is 234 g/mol. The Morgan fingerprint density at radius 2 is 2.00 bits per heavy atom. The van der Waals surface area contributed by atoms with E-state index in [4.69, 9.17) is 10.5 Å². The number of carbonyl (C=O) groups excluding carboxylic acids is 1. The summed E-state index contributed by atoms with van der Waals surface area (Å²) in [6.07, 6.45) is 0. The van der Waals surface area contributed by atoms with Crippen LogP contribution in [0, 0.1) is 0 Å². The zero-order chi connectivity index (χ0) is 13.4. The van der Waals surface area contributed by atoms with Gasteiger partial charge in [-0.05, 0) is 13.8 Å². The molecule has 1 rings (SSSR count). The second-order valence-corrected chi connectivity index (χ2v) is 3.54. The second-order valence-electron chi connectivity index (χ2n) is 3.54. The third-order valence-electron chi connectivity index (χ3n) is 2.01. The first-order chi connectivity index (χ1) is 8.65. The minimum absolute atomic E-state index is 0.0383. The van der Waals surface area contributed by atoms with Crippen LogP contribution in [0.5, 0.6) is 0 Å². The smallest absolute Gasteiger partial charge is 0.236 e. The number of nitrogens with zero attached hydrogens (tertiary/aromatic N) is 2. The predicted octanol–water partition coefficient (Wildman–Crippen LogP) is 0.342. The molecular formula is C11H19N5O2. The lowest BCUT2D eigenvalue weighted by Crippen LogP contribution is -2.22. The standard InChI is InChI=1S/C11H19N5O2/c1-3-13-9-5-10(14-6-8(12)17)16-11(15-9)7-18-4-2/h5H,3-4,6-7H2,1-2H3,(H2,12,17)(H2,13,14,15,16). The number of nitrogens with one attached hydrogen (secondary N) is 2. The lowest BCUT2D eigenvalue weighted by atomic mass is 10.4. The van der Waals surface area contributed by atoms with Gasteiger partial charge in [-0.15, -0.1) is 0 Å². The highest BCUT2D eigenvalue weighted by molar-refractivity contribution is 5.78. The molecule has 0 saturated carbocycles. The Morgan fingerprint density at radius 3 is 2.56 bits per heavy atom. The summed E-state index contributed by atoms with van der Waals surface area (Å²) in [7, 11) is 0. The van der Waals surface area contributed by atoms with Gasteiger partial charge in [0.25, 0.3) is 0 Å². The van der Waals surface area contributed by atoms with Crippen LogP contribution in [0.25, 0.3) is 0 Å². The average Bonchev–Trinajstić information content (AvgIpc) is 2.34. The number of amides is 1. The van der Waals surface area contributed by atoms with Gasteiger partial charge in [-0.2, -0.15) is 0 Å². The molecule has 1 aromatic rings. The number of primary amides is 1.